The van der Waals surface area contributed by atoms with Crippen LogP contribution in [-0.2, 0) is 23.7 Å². The number of carbonyl (C=O) groups excluding carboxylic acids is 1. The maximum absolute atomic E-state index is 13.1. The molecule has 0 radical (unpaired) electrons. The normalized spacial score (nSPS) is 27.7. The van der Waals surface area contributed by atoms with Crippen LogP contribution in [0.3, 0.4) is 0 Å². The van der Waals surface area contributed by atoms with Crippen molar-refractivity contribution in [2.75, 3.05) is 19.8 Å². The summed E-state index contributed by atoms with van der Waals surface area (Å²) in [4.78, 5) is 13.1. The second-order valence-corrected chi connectivity index (χ2v) is 17.6. The maximum atomic E-state index is 13.1. The van der Waals surface area contributed by atoms with Crippen LogP contribution >= 0.6 is 0 Å². The topological polar surface area (TPSA) is 228 Å². The Kier molecular flexibility index (Phi) is 33.6. The third-order valence-corrected chi connectivity index (χ3v) is 12.0. The van der Waals surface area contributed by atoms with Gasteiger partial charge in [-0.15, -0.1) is 0 Å². The van der Waals surface area contributed by atoms with E-state index in [1.807, 2.05) is 6.08 Å². The smallest absolute Gasteiger partial charge is 0.220 e. The third-order valence-electron chi connectivity index (χ3n) is 12.0. The molecular formula is C50H89NO13. The van der Waals surface area contributed by atoms with Crippen LogP contribution in [0.25, 0.3) is 0 Å². The Morgan fingerprint density at radius 1 is 0.562 bits per heavy atom. The average molecular weight is 912 g/mol. The van der Waals surface area contributed by atoms with Crippen molar-refractivity contribution in [2.24, 2.45) is 0 Å². The highest BCUT2D eigenvalue weighted by Gasteiger charge is 2.51. The lowest BCUT2D eigenvalue weighted by Crippen LogP contribution is -2.65. The molecule has 0 bridgehead atoms. The van der Waals surface area contributed by atoms with Gasteiger partial charge in [-0.05, 0) is 57.8 Å². The number of hydrogen-bond acceptors (Lipinski definition) is 13. The van der Waals surface area contributed by atoms with Crippen molar-refractivity contribution < 1.29 is 64.6 Å². The highest BCUT2D eigenvalue weighted by molar-refractivity contribution is 5.76. The number of unbranched alkanes of at least 4 members (excludes halogenated alkanes) is 18. The Bertz CT molecular complexity index is 1260. The van der Waals surface area contributed by atoms with Gasteiger partial charge in [0.15, 0.2) is 12.6 Å². The molecule has 0 aromatic carbocycles. The highest BCUT2D eigenvalue weighted by Crippen LogP contribution is 2.30. The fourth-order valence-corrected chi connectivity index (χ4v) is 7.88. The molecule has 2 heterocycles. The number of aliphatic hydroxyl groups excluding tert-OH is 8. The van der Waals surface area contributed by atoms with Crippen molar-refractivity contribution >= 4 is 5.91 Å². The number of carbonyl (C=O) groups is 1. The summed E-state index contributed by atoms with van der Waals surface area (Å²) in [5.74, 6) is -0.253. The van der Waals surface area contributed by atoms with Crippen LogP contribution in [0.4, 0.5) is 0 Å². The zero-order chi connectivity index (χ0) is 46.8. The number of hydrogen-bond donors (Lipinski definition) is 9. The van der Waals surface area contributed by atoms with Crippen LogP contribution < -0.4 is 5.32 Å². The Morgan fingerprint density at radius 3 is 1.61 bits per heavy atom. The Balaban J connectivity index is 1.68. The minimum absolute atomic E-state index is 0.253. The van der Waals surface area contributed by atoms with E-state index in [-0.39, 0.29) is 18.9 Å². The van der Waals surface area contributed by atoms with Crippen molar-refractivity contribution in [2.45, 2.75) is 242 Å². The van der Waals surface area contributed by atoms with Gasteiger partial charge in [-0.3, -0.25) is 4.79 Å². The molecule has 9 N–H and O–H groups in total. The number of nitrogens with one attached hydrogen (secondary N) is 1. The van der Waals surface area contributed by atoms with E-state index in [2.05, 4.69) is 55.6 Å². The van der Waals surface area contributed by atoms with E-state index >= 15 is 0 Å². The summed E-state index contributed by atoms with van der Waals surface area (Å²) < 4.78 is 22.5. The summed E-state index contributed by atoms with van der Waals surface area (Å²) in [5.41, 5.74) is 0. The molecule has 2 saturated heterocycles. The summed E-state index contributed by atoms with van der Waals surface area (Å²) >= 11 is 0. The fraction of sp³-hybridized carbons (Fsp3) is 0.820. The SMILES string of the molecule is CCCCC/C=C/C(O)C(COC1OC(CO)C(OC2OC(CO)C(O)C(O)C2O)C(O)C1O)NC(=O)CCCCCCCCCCCC/C=C\C/C=C\C/C=C\CCCCCCC. The van der Waals surface area contributed by atoms with Gasteiger partial charge in [-0.2, -0.15) is 0 Å². The molecule has 12 unspecified atom stereocenters. The van der Waals surface area contributed by atoms with Crippen molar-refractivity contribution in [3.63, 3.8) is 0 Å². The van der Waals surface area contributed by atoms with Crippen molar-refractivity contribution in [1.29, 1.82) is 0 Å². The molecule has 0 saturated carbocycles. The van der Waals surface area contributed by atoms with Gasteiger partial charge < -0.3 is 65.1 Å². The molecule has 12 atom stereocenters. The van der Waals surface area contributed by atoms with Crippen LogP contribution in [-0.4, -0.2) is 140 Å². The van der Waals surface area contributed by atoms with Gasteiger partial charge >= 0.3 is 0 Å². The molecule has 2 rings (SSSR count). The average Bonchev–Trinajstić information content (AvgIpc) is 3.29. The van der Waals surface area contributed by atoms with E-state index < -0.39 is 86.8 Å². The second-order valence-electron chi connectivity index (χ2n) is 17.6. The molecule has 14 heteroatoms. The molecule has 2 fully saturated rings. The lowest BCUT2D eigenvalue weighted by Gasteiger charge is -2.46. The van der Waals surface area contributed by atoms with E-state index in [1.165, 1.54) is 77.0 Å². The van der Waals surface area contributed by atoms with Crippen LogP contribution in [0.2, 0.25) is 0 Å². The van der Waals surface area contributed by atoms with Gasteiger partial charge in [0.2, 0.25) is 5.91 Å². The Morgan fingerprint density at radius 2 is 1.03 bits per heavy atom. The minimum atomic E-state index is -1.79. The van der Waals surface area contributed by atoms with Crippen molar-refractivity contribution in [1.82, 2.24) is 5.32 Å². The van der Waals surface area contributed by atoms with E-state index in [9.17, 15) is 45.6 Å². The van der Waals surface area contributed by atoms with E-state index in [0.29, 0.717) is 6.42 Å². The largest absolute Gasteiger partial charge is 0.394 e. The van der Waals surface area contributed by atoms with Crippen LogP contribution in [0.15, 0.2) is 48.6 Å². The lowest BCUT2D eigenvalue weighted by atomic mass is 9.97. The predicted octanol–water partition coefficient (Wildman–Crippen LogP) is 6.10. The third kappa shape index (κ3) is 24.1. The zero-order valence-electron chi connectivity index (χ0n) is 39.3. The first-order valence-electron chi connectivity index (χ1n) is 24.9. The first-order chi connectivity index (χ1) is 31.1. The van der Waals surface area contributed by atoms with Crippen molar-refractivity contribution in [3.8, 4) is 0 Å². The molecule has 64 heavy (non-hydrogen) atoms. The molecule has 0 aliphatic carbocycles. The molecule has 0 aromatic heterocycles. The lowest BCUT2D eigenvalue weighted by molar-refractivity contribution is -0.359. The standard InChI is InChI=1S/C50H89NO13/c1-3-5-7-9-10-11-12-13-14-15-16-17-18-19-20-21-22-23-24-25-26-27-28-30-32-34-42(55)51-38(39(54)33-31-29-8-6-4-2)37-61-49-47(60)45(58)48(41(36-53)63-49)64-50-46(59)44(57)43(56)40(35-52)62-50/h12-13,15-16,18-19,31,33,38-41,43-50,52-54,56-60H,3-11,14,17,20-30,32,34-37H2,1-2H3,(H,51,55)/b13-12-,16-15-,19-18-,33-31+. The molecule has 0 spiro atoms. The highest BCUT2D eigenvalue weighted by atomic mass is 16.7. The monoisotopic (exact) mass is 912 g/mol. The molecule has 372 valence electrons. The number of amides is 1. The molecule has 0 aromatic rings. The minimum Gasteiger partial charge on any atom is -0.394 e. The van der Waals surface area contributed by atoms with Crippen LogP contribution in [0, 0.1) is 0 Å². The van der Waals surface area contributed by atoms with E-state index in [0.717, 1.165) is 64.2 Å². The first kappa shape index (κ1) is 58.1. The van der Waals surface area contributed by atoms with Crippen LogP contribution in [0.5, 0.6) is 0 Å². The fourth-order valence-electron chi connectivity index (χ4n) is 7.88. The molecule has 14 nitrogen and oxygen atoms in total. The first-order valence-corrected chi connectivity index (χ1v) is 24.9. The zero-order valence-corrected chi connectivity index (χ0v) is 39.3. The van der Waals surface area contributed by atoms with Gasteiger partial charge in [-0.25, -0.2) is 0 Å². The van der Waals surface area contributed by atoms with Crippen LogP contribution in [0.1, 0.15) is 168 Å². The molecular weight excluding hydrogens is 823 g/mol. The van der Waals surface area contributed by atoms with Gasteiger partial charge in [0.1, 0.15) is 48.8 Å². The van der Waals surface area contributed by atoms with E-state index in [1.54, 1.807) is 6.08 Å². The number of allylic oxidation sites excluding steroid dienone is 7. The summed E-state index contributed by atoms with van der Waals surface area (Å²) in [7, 11) is 0. The second kappa shape index (κ2) is 37.0. The molecule has 2 aliphatic heterocycles. The van der Waals surface area contributed by atoms with Gasteiger partial charge in [0.05, 0.1) is 32.0 Å². The number of aliphatic hydroxyl groups is 8. The molecule has 2 aliphatic rings. The maximum Gasteiger partial charge on any atom is 0.220 e. The number of ether oxygens (including phenoxy) is 4. The Hall–Kier alpha value is -2.05. The van der Waals surface area contributed by atoms with Crippen molar-refractivity contribution in [3.05, 3.63) is 48.6 Å². The van der Waals surface area contributed by atoms with Gasteiger partial charge in [0, 0.05) is 6.42 Å². The van der Waals surface area contributed by atoms with Gasteiger partial charge in [-0.1, -0.05) is 152 Å². The molecule has 1 amide bonds. The Labute approximate surface area is 384 Å². The summed E-state index contributed by atoms with van der Waals surface area (Å²) in [6, 6.07) is -0.913. The summed E-state index contributed by atoms with van der Waals surface area (Å²) in [5, 5.41) is 86.1. The quantitative estimate of drug-likeness (QED) is 0.0254. The van der Waals surface area contributed by atoms with Gasteiger partial charge in [0.25, 0.3) is 0 Å². The number of rotatable bonds is 37. The predicted molar refractivity (Wildman–Crippen MR) is 249 cm³/mol. The summed E-state index contributed by atoms with van der Waals surface area (Å²) in [6.45, 7) is 2.63. The van der Waals surface area contributed by atoms with E-state index in [4.69, 9.17) is 18.9 Å². The summed E-state index contributed by atoms with van der Waals surface area (Å²) in [6.07, 6.45) is 26.5.